The van der Waals surface area contributed by atoms with Gasteiger partial charge < -0.3 is 30.2 Å². The molecule has 4 amide bonds. The van der Waals surface area contributed by atoms with Crippen LogP contribution in [0.4, 0.5) is 10.1 Å². The lowest BCUT2D eigenvalue weighted by Crippen LogP contribution is -2.54. The Hall–Kier alpha value is -8.20. The number of amides is 4. The van der Waals surface area contributed by atoms with Crippen LogP contribution in [0, 0.1) is 25.6 Å². The number of nitrogens with zero attached hydrogens (tertiary/aromatic N) is 11. The highest BCUT2D eigenvalue weighted by Gasteiger charge is 2.30. The van der Waals surface area contributed by atoms with E-state index in [2.05, 4.69) is 74.6 Å². The molecule has 3 aromatic carbocycles. The number of carbonyl (C=O) groups excluding carboxylic acids is 4. The minimum Gasteiger partial charge on any atom is -0.342 e. The Bertz CT molecular complexity index is 3180. The number of likely N-dealkylation sites (tertiary alicyclic amines) is 1. The third kappa shape index (κ3) is 16.4. The molecule has 79 heavy (non-hydrogen) atoms. The Morgan fingerprint density at radius 3 is 2.09 bits per heavy atom. The van der Waals surface area contributed by atoms with Crippen LogP contribution in [0.3, 0.4) is 0 Å². The average molecular weight is 1070 g/mol. The Kier molecular flexibility index (Phi) is 20.5. The first kappa shape index (κ1) is 57.0. The largest absolute Gasteiger partial charge is 0.342 e. The van der Waals surface area contributed by atoms with Gasteiger partial charge in [0, 0.05) is 120 Å². The van der Waals surface area contributed by atoms with Crippen LogP contribution in [0.25, 0.3) is 21.9 Å². The Labute approximate surface area is 459 Å². The molecule has 0 aliphatic carbocycles. The van der Waals surface area contributed by atoms with Gasteiger partial charge in [0.25, 0.3) is 11.5 Å². The lowest BCUT2D eigenvalue weighted by atomic mass is 9.95. The van der Waals surface area contributed by atoms with Crippen molar-refractivity contribution < 1.29 is 23.6 Å². The lowest BCUT2D eigenvalue weighted by Gasteiger charge is -2.39. The number of nitrogens with one attached hydrogen (secondary N) is 3. The van der Waals surface area contributed by atoms with Gasteiger partial charge in [0.15, 0.2) is 5.69 Å². The number of rotatable bonds is 15. The second-order valence-corrected chi connectivity index (χ2v) is 20.0. The molecule has 7 aromatic rings. The molecule has 0 bridgehead atoms. The summed E-state index contributed by atoms with van der Waals surface area (Å²) in [5, 5.41) is 14.1. The molecule has 7 heterocycles. The number of H-pyrrole nitrogens is 1. The average Bonchev–Trinajstić information content (AvgIpc) is 3.51. The van der Waals surface area contributed by atoms with Gasteiger partial charge in [0.05, 0.1) is 35.6 Å². The molecule has 0 saturated carbocycles. The van der Waals surface area contributed by atoms with Crippen LogP contribution in [0.5, 0.6) is 0 Å². The van der Waals surface area contributed by atoms with E-state index in [1.807, 2.05) is 59.2 Å². The van der Waals surface area contributed by atoms with Gasteiger partial charge in [-0.3, -0.25) is 28.9 Å². The Morgan fingerprint density at radius 1 is 0.747 bits per heavy atom. The summed E-state index contributed by atoms with van der Waals surface area (Å²) < 4.78 is 13.3. The summed E-state index contributed by atoms with van der Waals surface area (Å²) in [5.74, 6) is -0.0462. The SMILES string of the molecule is CCc1ccc(-c2cnc(C(=O)N3CCC(CN4CCN(CC(=O)N5CCN(C=O)CC5)CC4)CC3)c(NC(=O)CNCc3ccncn3)c2)cc1.Cc1cc(Cc2n[nH]c(=O)c3ccccc23)ccc1F.Cc1ccncn1. The monoisotopic (exact) mass is 1070 g/mol. The quantitative estimate of drug-likeness (QED) is 0.110. The number of carbonyl (C=O) groups is 4. The third-order valence-electron chi connectivity index (χ3n) is 14.5. The topological polar surface area (TPSA) is 219 Å². The molecule has 3 fully saturated rings. The highest BCUT2D eigenvalue weighted by atomic mass is 19.1. The van der Waals surface area contributed by atoms with Gasteiger partial charge in [0.1, 0.15) is 18.5 Å². The predicted molar refractivity (Wildman–Crippen MR) is 300 cm³/mol. The van der Waals surface area contributed by atoms with Crippen LogP contribution < -0.4 is 16.2 Å². The zero-order chi connectivity index (χ0) is 55.5. The van der Waals surface area contributed by atoms with E-state index in [9.17, 15) is 28.4 Å². The third-order valence-corrected chi connectivity index (χ3v) is 14.5. The fourth-order valence-electron chi connectivity index (χ4n) is 9.75. The van der Waals surface area contributed by atoms with Crippen molar-refractivity contribution >= 4 is 40.6 Å². The summed E-state index contributed by atoms with van der Waals surface area (Å²) >= 11 is 0. The molecule has 412 valence electrons. The van der Waals surface area contributed by atoms with Crippen LogP contribution in [-0.4, -0.2) is 169 Å². The molecule has 10 rings (SSSR count). The number of halogens is 1. The van der Waals surface area contributed by atoms with E-state index in [4.69, 9.17) is 0 Å². The fraction of sp³-hybridized carbons (Fsp3) is 0.373. The van der Waals surface area contributed by atoms with Crippen molar-refractivity contribution in [2.75, 3.05) is 90.4 Å². The maximum Gasteiger partial charge on any atom is 0.274 e. The van der Waals surface area contributed by atoms with Crippen molar-refractivity contribution in [2.24, 2.45) is 5.92 Å². The molecule has 19 nitrogen and oxygen atoms in total. The van der Waals surface area contributed by atoms with Gasteiger partial charge in [-0.15, -0.1) is 0 Å². The standard InChI is InChI=1S/C38H50N10O4.C16H13FN2O.C5H6N2/c1-2-29-3-5-31(6-4-29)32-21-34(43-35(50)24-40-23-33-7-10-39-27-42-33)37(41-22-32)38(52)48-11-8-30(9-12-48)25-44-13-15-45(16-14-44)26-36(51)47-19-17-46(28-49)18-20-47;1-10-8-11(6-7-14(10)17)9-15-12-4-2-3-5-13(12)16(20)19-18-15;1-5-2-3-6-4-7-5/h3-7,10,21-22,27-28,30,40H,2,8-9,11-20,23-26H2,1H3,(H,43,50);2-8H,9H2,1H3,(H,19,20);2-4H,1H3. The van der Waals surface area contributed by atoms with Crippen LogP contribution in [0.1, 0.15) is 64.0 Å². The van der Waals surface area contributed by atoms with E-state index in [-0.39, 0.29) is 41.3 Å². The van der Waals surface area contributed by atoms with E-state index >= 15 is 0 Å². The number of aromatic nitrogens is 7. The molecule has 4 aromatic heterocycles. The van der Waals surface area contributed by atoms with E-state index in [1.54, 1.807) is 54.7 Å². The maximum absolute atomic E-state index is 13.9. The van der Waals surface area contributed by atoms with E-state index in [1.165, 1.54) is 24.3 Å². The summed E-state index contributed by atoms with van der Waals surface area (Å²) in [6, 6.07) is 26.1. The van der Waals surface area contributed by atoms with Crippen molar-refractivity contribution in [3.05, 3.63) is 172 Å². The van der Waals surface area contributed by atoms with E-state index in [0.717, 1.165) is 97.6 Å². The smallest absolute Gasteiger partial charge is 0.274 e. The van der Waals surface area contributed by atoms with Crippen LogP contribution in [0.15, 0.2) is 121 Å². The van der Waals surface area contributed by atoms with Gasteiger partial charge in [0.2, 0.25) is 18.2 Å². The summed E-state index contributed by atoms with van der Waals surface area (Å²) in [7, 11) is 0. The molecular weight excluding hydrogens is 1000 g/mol. The Balaban J connectivity index is 0.000000247. The maximum atomic E-state index is 13.9. The second-order valence-electron chi connectivity index (χ2n) is 20.0. The fourth-order valence-corrected chi connectivity index (χ4v) is 9.75. The summed E-state index contributed by atoms with van der Waals surface area (Å²) in [6.45, 7) is 14.9. The molecule has 0 atom stereocenters. The molecule has 20 heteroatoms. The van der Waals surface area contributed by atoms with Crippen LogP contribution >= 0.6 is 0 Å². The van der Waals surface area contributed by atoms with Crippen molar-refractivity contribution in [1.82, 2.24) is 64.9 Å². The van der Waals surface area contributed by atoms with Gasteiger partial charge in [-0.2, -0.15) is 5.10 Å². The van der Waals surface area contributed by atoms with Gasteiger partial charge >= 0.3 is 0 Å². The summed E-state index contributed by atoms with van der Waals surface area (Å²) in [5.41, 5.74) is 7.61. The molecular formula is C59H69FN14O5. The number of aromatic amines is 1. The molecule has 3 N–H and O–H groups in total. The highest BCUT2D eigenvalue weighted by Crippen LogP contribution is 2.28. The number of piperidine rings is 1. The molecule has 3 aliphatic heterocycles. The van der Waals surface area contributed by atoms with Crippen molar-refractivity contribution in [3.8, 4) is 11.1 Å². The molecule has 0 spiro atoms. The second kappa shape index (κ2) is 28.4. The van der Waals surface area contributed by atoms with Crippen LogP contribution in [-0.2, 0) is 33.8 Å². The lowest BCUT2D eigenvalue weighted by molar-refractivity contribution is -0.136. The first-order chi connectivity index (χ1) is 38.4. The van der Waals surface area contributed by atoms with Crippen molar-refractivity contribution in [1.29, 1.82) is 0 Å². The number of piperazine rings is 2. The van der Waals surface area contributed by atoms with Gasteiger partial charge in [-0.05, 0) is 91.6 Å². The number of benzene rings is 3. The molecule has 3 aliphatic rings. The summed E-state index contributed by atoms with van der Waals surface area (Å²) in [6.07, 6.45) is 12.2. The van der Waals surface area contributed by atoms with E-state index < -0.39 is 0 Å². The Morgan fingerprint density at radius 2 is 1.44 bits per heavy atom. The minimum atomic E-state index is -0.274. The van der Waals surface area contributed by atoms with Crippen LogP contribution in [0.2, 0.25) is 0 Å². The number of fused-ring (bicyclic) bond motifs is 1. The first-order valence-corrected chi connectivity index (χ1v) is 26.9. The number of hydrogen-bond acceptors (Lipinski definition) is 14. The van der Waals surface area contributed by atoms with Crippen molar-refractivity contribution in [2.45, 2.75) is 53.0 Å². The zero-order valence-corrected chi connectivity index (χ0v) is 45.2. The van der Waals surface area contributed by atoms with Gasteiger partial charge in [-0.1, -0.05) is 61.5 Å². The highest BCUT2D eigenvalue weighted by molar-refractivity contribution is 6.03. The minimum absolute atomic E-state index is 0.0444. The zero-order valence-electron chi connectivity index (χ0n) is 45.2. The predicted octanol–water partition coefficient (Wildman–Crippen LogP) is 5.35. The van der Waals surface area contributed by atoms with Crippen molar-refractivity contribution in [3.63, 3.8) is 0 Å². The number of pyridine rings is 1. The first-order valence-electron chi connectivity index (χ1n) is 26.9. The van der Waals surface area contributed by atoms with E-state index in [0.29, 0.717) is 81.3 Å². The molecule has 0 unspecified atom stereocenters. The number of hydrogen-bond donors (Lipinski definition) is 3. The van der Waals surface area contributed by atoms with Gasteiger partial charge in [-0.25, -0.2) is 34.4 Å². The summed E-state index contributed by atoms with van der Waals surface area (Å²) in [4.78, 5) is 93.0. The number of anilines is 1. The molecule has 3 saturated heterocycles. The normalized spacial score (nSPS) is 15.1. The molecule has 0 radical (unpaired) electrons. The number of aryl methyl sites for hydroxylation is 3.